The second kappa shape index (κ2) is 24.7. The number of amides is 1. The normalized spacial score (nSPS) is 18.6. The maximum absolute atomic E-state index is 12.4. The topological polar surface area (TPSA) is 77.0 Å². The van der Waals surface area contributed by atoms with Crippen molar-refractivity contribution in [3.63, 3.8) is 0 Å². The zero-order valence-corrected chi connectivity index (χ0v) is 25.5. The Hall–Kier alpha value is -0.591. The smallest absolute Gasteiger partial charge is 0.445 e. The Morgan fingerprint density at radius 3 is 1.40 bits per heavy atom. The molecule has 0 aliphatic heterocycles. The first-order chi connectivity index (χ1) is 19.7. The molecule has 1 aromatic carbocycles. The first-order valence-corrected chi connectivity index (χ1v) is 13.2. The van der Waals surface area contributed by atoms with Gasteiger partial charge in [0.2, 0.25) is 0 Å². The third-order valence-corrected chi connectivity index (χ3v) is 5.75. The Kier molecular flexibility index (Phi) is 23.2. The van der Waals surface area contributed by atoms with Gasteiger partial charge in [0, 0.05) is 11.8 Å². The quantitative estimate of drug-likeness (QED) is 0.325. The number of benzene rings is 1. The van der Waals surface area contributed by atoms with E-state index in [-0.39, 0.29) is 60.6 Å². The predicted octanol–water partition coefficient (Wildman–Crippen LogP) is 4.53. The molecule has 0 aromatic heterocycles. The standard InChI is InChI=1S/C24H27NO5.2C5H5.2Fe/c26-17-24(18-28-14-20-10-4-5-11-20,19-29-15-21-12-6-7-13-21)25-23(27)30-16-22-8-2-1-3-9-22;2*1-2-4-5-3-1;;/h1-13,26H,14-19H2,(H,25,27);2*1-5H;;/q;;;2*+2. The van der Waals surface area contributed by atoms with Crippen molar-refractivity contribution in [1.82, 2.24) is 5.32 Å². The molecule has 0 saturated heterocycles. The summed E-state index contributed by atoms with van der Waals surface area (Å²) < 4.78 is 16.9. The second-order valence-corrected chi connectivity index (χ2v) is 9.12. The van der Waals surface area contributed by atoms with Gasteiger partial charge in [-0.25, -0.2) is 4.79 Å². The molecular formula is C34H37Fe2NO5+4. The average Bonchev–Trinajstić information content (AvgIpc) is 3.82. The Morgan fingerprint density at radius 2 is 1.02 bits per heavy atom. The van der Waals surface area contributed by atoms with Crippen LogP contribution in [0.25, 0.3) is 0 Å². The first-order valence-electron chi connectivity index (χ1n) is 13.2. The van der Waals surface area contributed by atoms with Gasteiger partial charge < -0.3 is 24.6 Å². The van der Waals surface area contributed by atoms with Gasteiger partial charge >= 0.3 is 40.2 Å². The van der Waals surface area contributed by atoms with Crippen LogP contribution in [0.4, 0.5) is 4.79 Å². The van der Waals surface area contributed by atoms with Gasteiger partial charge in [-0.2, -0.15) is 0 Å². The van der Waals surface area contributed by atoms with Gasteiger partial charge in [0.1, 0.15) is 12.1 Å². The summed E-state index contributed by atoms with van der Waals surface area (Å²) in [6.45, 7) is 0.690. The molecule has 20 radical (unpaired) electrons. The molecule has 1 amide bonds. The average molecular weight is 651 g/mol. The van der Waals surface area contributed by atoms with Crippen molar-refractivity contribution >= 4 is 6.09 Å². The Labute approximate surface area is 277 Å². The van der Waals surface area contributed by atoms with E-state index >= 15 is 0 Å². The SMILES string of the molecule is O=C(NC(CO)(COC[C]1[CH][CH][CH][CH]1)COC[C]1[CH][CH][CH][CH]1)OCc1ccccc1.[CH]1[CH][CH][CH][CH]1.[CH]1[CH][CH][CH][CH]1.[Fe+2].[Fe+2]. The number of aliphatic hydroxyl groups excluding tert-OH is 1. The first kappa shape index (κ1) is 39.4. The minimum absolute atomic E-state index is 0. The molecule has 8 heteroatoms. The molecule has 4 aliphatic rings. The van der Waals surface area contributed by atoms with Crippen molar-refractivity contribution in [2.45, 2.75) is 12.1 Å². The van der Waals surface area contributed by atoms with Gasteiger partial charge in [-0.3, -0.25) is 0 Å². The number of hydrogen-bond acceptors (Lipinski definition) is 5. The zero-order chi connectivity index (χ0) is 28.1. The van der Waals surface area contributed by atoms with Crippen molar-refractivity contribution in [3.05, 3.63) is 163 Å². The molecule has 0 bridgehead atoms. The van der Waals surface area contributed by atoms with Crippen LogP contribution in [0.15, 0.2) is 30.3 Å². The maximum Gasteiger partial charge on any atom is 2.00 e. The largest absolute Gasteiger partial charge is 2.00 e. The Bertz CT molecular complexity index is 717. The molecular weight excluding hydrogens is 614 g/mol. The third kappa shape index (κ3) is 17.0. The number of carbonyl (C=O) groups excluding carboxylic acids is 1. The molecule has 42 heavy (non-hydrogen) atoms. The van der Waals surface area contributed by atoms with Crippen molar-refractivity contribution in [1.29, 1.82) is 0 Å². The minimum atomic E-state index is -1.12. The third-order valence-electron chi connectivity index (χ3n) is 5.75. The van der Waals surface area contributed by atoms with Crippen LogP contribution in [0.1, 0.15) is 5.56 Å². The number of alkyl carbamates (subject to hydrolysis) is 1. The summed E-state index contributed by atoms with van der Waals surface area (Å²) in [6.07, 6.45) is 34.9. The molecule has 6 nitrogen and oxygen atoms in total. The van der Waals surface area contributed by atoms with Crippen LogP contribution in [0.2, 0.25) is 0 Å². The Balaban J connectivity index is 0.000000617. The molecule has 5 rings (SSSR count). The number of hydrogen-bond donors (Lipinski definition) is 2. The fourth-order valence-corrected chi connectivity index (χ4v) is 3.61. The van der Waals surface area contributed by atoms with E-state index in [0.717, 1.165) is 17.4 Å². The van der Waals surface area contributed by atoms with E-state index in [1.165, 1.54) is 0 Å². The van der Waals surface area contributed by atoms with Gasteiger partial charge in [-0.15, -0.1) is 0 Å². The summed E-state index contributed by atoms with van der Waals surface area (Å²) in [5.74, 6) is 2.04. The molecule has 0 unspecified atom stereocenters. The number of aliphatic hydroxyl groups is 1. The summed E-state index contributed by atoms with van der Waals surface area (Å²) in [4.78, 5) is 12.4. The molecule has 0 atom stereocenters. The molecule has 0 spiro atoms. The molecule has 1 aromatic rings. The maximum atomic E-state index is 12.4. The van der Waals surface area contributed by atoms with E-state index < -0.39 is 11.6 Å². The van der Waals surface area contributed by atoms with Crippen LogP contribution < -0.4 is 5.32 Å². The molecule has 0 heterocycles. The summed E-state index contributed by atoms with van der Waals surface area (Å²) in [5.41, 5.74) is -0.241. The van der Waals surface area contributed by atoms with E-state index in [0.29, 0.717) is 13.2 Å². The summed E-state index contributed by atoms with van der Waals surface area (Å²) >= 11 is 0. The molecule has 4 fully saturated rings. The van der Waals surface area contributed by atoms with Crippen LogP contribution in [0, 0.1) is 127 Å². The van der Waals surface area contributed by atoms with Gasteiger partial charge in [0.05, 0.1) is 33.0 Å². The van der Waals surface area contributed by atoms with Crippen molar-refractivity contribution < 1.29 is 58.2 Å². The zero-order valence-electron chi connectivity index (χ0n) is 23.3. The molecule has 220 valence electrons. The fraction of sp³-hybridized carbons (Fsp3) is 0.206. The van der Waals surface area contributed by atoms with Gasteiger partial charge in [-0.1, -0.05) is 30.3 Å². The van der Waals surface area contributed by atoms with Crippen LogP contribution in [0.5, 0.6) is 0 Å². The summed E-state index contributed by atoms with van der Waals surface area (Å²) in [5, 5.41) is 12.8. The van der Waals surface area contributed by atoms with E-state index in [9.17, 15) is 9.90 Å². The van der Waals surface area contributed by atoms with Crippen LogP contribution >= 0.6 is 0 Å². The number of rotatable bonds is 12. The van der Waals surface area contributed by atoms with Gasteiger partial charge in [-0.05, 0) is 121 Å². The van der Waals surface area contributed by atoms with Crippen LogP contribution in [-0.2, 0) is 55.0 Å². The van der Waals surface area contributed by atoms with Crippen LogP contribution in [-0.4, -0.2) is 49.8 Å². The molecule has 4 aliphatic carbocycles. The van der Waals surface area contributed by atoms with E-state index in [4.69, 9.17) is 14.2 Å². The van der Waals surface area contributed by atoms with Gasteiger partial charge in [0.25, 0.3) is 0 Å². The number of nitrogens with one attached hydrogen (secondary N) is 1. The van der Waals surface area contributed by atoms with Gasteiger partial charge in [0.15, 0.2) is 0 Å². The fourth-order valence-electron chi connectivity index (χ4n) is 3.61. The van der Waals surface area contributed by atoms with E-state index in [1.54, 1.807) is 0 Å². The second-order valence-electron chi connectivity index (χ2n) is 9.12. The summed E-state index contributed by atoms with van der Waals surface area (Å²) in [6, 6.07) is 9.40. The van der Waals surface area contributed by atoms with E-state index in [2.05, 4.69) is 5.32 Å². The minimum Gasteiger partial charge on any atom is -0.445 e. The predicted molar refractivity (Wildman–Crippen MR) is 155 cm³/mol. The van der Waals surface area contributed by atoms with Crippen LogP contribution in [0.3, 0.4) is 0 Å². The van der Waals surface area contributed by atoms with Crippen molar-refractivity contribution in [2.75, 3.05) is 33.0 Å². The molecule has 4 saturated carbocycles. The number of ether oxygens (including phenoxy) is 3. The van der Waals surface area contributed by atoms with Crippen molar-refractivity contribution in [3.8, 4) is 0 Å². The van der Waals surface area contributed by atoms with Crippen molar-refractivity contribution in [2.24, 2.45) is 0 Å². The number of carbonyl (C=O) groups is 1. The molecule has 2 N–H and O–H groups in total. The summed E-state index contributed by atoms with van der Waals surface area (Å²) in [7, 11) is 0. The Morgan fingerprint density at radius 1 is 0.619 bits per heavy atom. The monoisotopic (exact) mass is 651 g/mol. The van der Waals surface area contributed by atoms with E-state index in [1.807, 2.05) is 146 Å².